The summed E-state index contributed by atoms with van der Waals surface area (Å²) in [6, 6.07) is 0. The van der Waals surface area contributed by atoms with E-state index in [0.717, 1.165) is 37.4 Å². The first kappa shape index (κ1) is 10.6. The molecule has 1 heterocycles. The van der Waals surface area contributed by atoms with Gasteiger partial charge in [-0.15, -0.1) is 0 Å². The second kappa shape index (κ2) is 3.93. The predicted molar refractivity (Wildman–Crippen MR) is 57.3 cm³/mol. The quantitative estimate of drug-likeness (QED) is 0.798. The van der Waals surface area contributed by atoms with Crippen molar-refractivity contribution < 1.29 is 5.11 Å². The third-order valence-corrected chi connectivity index (χ3v) is 3.50. The Bertz CT molecular complexity index is 326. The number of rotatable bonds is 2. The van der Waals surface area contributed by atoms with Crippen LogP contribution in [0.4, 0.5) is 0 Å². The highest BCUT2D eigenvalue weighted by molar-refractivity contribution is 4.96. The number of hydrogen-bond donors (Lipinski definition) is 1. The maximum absolute atomic E-state index is 10.4. The summed E-state index contributed by atoms with van der Waals surface area (Å²) < 4.78 is 1.75. The standard InChI is InChI=1S/C11H19N3O/c1-9-3-5-11(15,6-4-9)7-10-12-8-13-14(10)2/h8-9,15H,3-7H2,1-2H3. The number of aryl methyl sites for hydroxylation is 1. The van der Waals surface area contributed by atoms with Gasteiger partial charge in [-0.25, -0.2) is 4.98 Å². The fourth-order valence-electron chi connectivity index (χ4n) is 2.25. The van der Waals surface area contributed by atoms with Gasteiger partial charge in [-0.3, -0.25) is 4.68 Å². The maximum atomic E-state index is 10.4. The van der Waals surface area contributed by atoms with Crippen LogP contribution in [0.5, 0.6) is 0 Å². The van der Waals surface area contributed by atoms with E-state index in [1.807, 2.05) is 7.05 Å². The van der Waals surface area contributed by atoms with E-state index in [-0.39, 0.29) is 0 Å². The number of nitrogens with zero attached hydrogens (tertiary/aromatic N) is 3. The van der Waals surface area contributed by atoms with Crippen LogP contribution < -0.4 is 0 Å². The molecule has 0 saturated heterocycles. The lowest BCUT2D eigenvalue weighted by atomic mass is 9.78. The van der Waals surface area contributed by atoms with Gasteiger partial charge in [0.05, 0.1) is 5.60 Å². The van der Waals surface area contributed by atoms with E-state index in [0.29, 0.717) is 6.42 Å². The van der Waals surface area contributed by atoms with E-state index in [4.69, 9.17) is 0 Å². The molecule has 4 heteroatoms. The molecule has 0 amide bonds. The molecule has 0 aromatic carbocycles. The van der Waals surface area contributed by atoms with Gasteiger partial charge in [-0.2, -0.15) is 5.10 Å². The van der Waals surface area contributed by atoms with Gasteiger partial charge in [0.25, 0.3) is 0 Å². The minimum absolute atomic E-state index is 0.548. The zero-order valence-corrected chi connectivity index (χ0v) is 9.48. The van der Waals surface area contributed by atoms with Crippen LogP contribution in [-0.2, 0) is 13.5 Å². The molecule has 1 aliphatic rings. The largest absolute Gasteiger partial charge is 0.389 e. The molecule has 0 radical (unpaired) electrons. The summed E-state index contributed by atoms with van der Waals surface area (Å²) in [6.07, 6.45) is 6.20. The number of aliphatic hydroxyl groups is 1. The monoisotopic (exact) mass is 209 g/mol. The molecule has 0 atom stereocenters. The Hall–Kier alpha value is -0.900. The third kappa shape index (κ3) is 2.37. The van der Waals surface area contributed by atoms with Crippen molar-refractivity contribution in [3.63, 3.8) is 0 Å². The van der Waals surface area contributed by atoms with Crippen LogP contribution in [0.3, 0.4) is 0 Å². The predicted octanol–water partition coefficient (Wildman–Crippen LogP) is 1.30. The van der Waals surface area contributed by atoms with E-state index in [1.165, 1.54) is 0 Å². The molecule has 1 aliphatic carbocycles. The molecule has 0 unspecified atom stereocenters. The van der Waals surface area contributed by atoms with E-state index in [2.05, 4.69) is 17.0 Å². The Morgan fingerprint density at radius 3 is 2.73 bits per heavy atom. The molecule has 15 heavy (non-hydrogen) atoms. The van der Waals surface area contributed by atoms with Crippen molar-refractivity contribution in [1.82, 2.24) is 14.8 Å². The van der Waals surface area contributed by atoms with E-state index < -0.39 is 5.60 Å². The Kier molecular flexibility index (Phi) is 2.78. The summed E-state index contributed by atoms with van der Waals surface area (Å²) in [5.74, 6) is 1.64. The average Bonchev–Trinajstić information content (AvgIpc) is 2.58. The fraction of sp³-hybridized carbons (Fsp3) is 0.818. The van der Waals surface area contributed by atoms with Crippen LogP contribution in [0.15, 0.2) is 6.33 Å². The molecule has 1 fully saturated rings. The highest BCUT2D eigenvalue weighted by Crippen LogP contribution is 2.33. The van der Waals surface area contributed by atoms with Gasteiger partial charge in [0.15, 0.2) is 0 Å². The zero-order valence-electron chi connectivity index (χ0n) is 9.48. The molecule has 2 rings (SSSR count). The molecule has 1 saturated carbocycles. The van der Waals surface area contributed by atoms with Crippen LogP contribution in [0.2, 0.25) is 0 Å². The van der Waals surface area contributed by atoms with Crippen LogP contribution in [0, 0.1) is 5.92 Å². The summed E-state index contributed by atoms with van der Waals surface area (Å²) in [6.45, 7) is 2.25. The van der Waals surface area contributed by atoms with Gasteiger partial charge in [0, 0.05) is 13.5 Å². The van der Waals surface area contributed by atoms with Crippen molar-refractivity contribution in [3.05, 3.63) is 12.2 Å². The summed E-state index contributed by atoms with van der Waals surface area (Å²) >= 11 is 0. The third-order valence-electron chi connectivity index (χ3n) is 3.50. The lowest BCUT2D eigenvalue weighted by Crippen LogP contribution is -2.36. The molecule has 4 nitrogen and oxygen atoms in total. The first-order chi connectivity index (χ1) is 7.09. The first-order valence-electron chi connectivity index (χ1n) is 5.64. The highest BCUT2D eigenvalue weighted by Gasteiger charge is 2.33. The van der Waals surface area contributed by atoms with Gasteiger partial charge in [0.2, 0.25) is 0 Å². The maximum Gasteiger partial charge on any atom is 0.138 e. The molecule has 1 aromatic rings. The van der Waals surface area contributed by atoms with Crippen LogP contribution in [0.25, 0.3) is 0 Å². The fourth-order valence-corrected chi connectivity index (χ4v) is 2.25. The Morgan fingerprint density at radius 2 is 2.20 bits per heavy atom. The van der Waals surface area contributed by atoms with Gasteiger partial charge < -0.3 is 5.11 Å². The molecular weight excluding hydrogens is 190 g/mol. The second-order valence-corrected chi connectivity index (χ2v) is 4.88. The van der Waals surface area contributed by atoms with Crippen molar-refractivity contribution in [1.29, 1.82) is 0 Å². The zero-order chi connectivity index (χ0) is 10.9. The highest BCUT2D eigenvalue weighted by atomic mass is 16.3. The normalized spacial score (nSPS) is 31.8. The number of aromatic nitrogens is 3. The van der Waals surface area contributed by atoms with Crippen LogP contribution >= 0.6 is 0 Å². The average molecular weight is 209 g/mol. The van der Waals surface area contributed by atoms with Crippen molar-refractivity contribution in [3.8, 4) is 0 Å². The van der Waals surface area contributed by atoms with Crippen LogP contribution in [0.1, 0.15) is 38.4 Å². The SMILES string of the molecule is CC1CCC(O)(Cc2ncnn2C)CC1. The Morgan fingerprint density at radius 1 is 1.53 bits per heavy atom. The lowest BCUT2D eigenvalue weighted by Gasteiger charge is -2.34. The summed E-state index contributed by atoms with van der Waals surface area (Å²) in [4.78, 5) is 4.17. The van der Waals surface area contributed by atoms with E-state index in [1.54, 1.807) is 11.0 Å². The molecular formula is C11H19N3O. The molecule has 0 spiro atoms. The minimum atomic E-state index is -0.548. The molecule has 0 bridgehead atoms. The van der Waals surface area contributed by atoms with Gasteiger partial charge in [-0.1, -0.05) is 6.92 Å². The molecule has 1 N–H and O–H groups in total. The molecule has 84 valence electrons. The summed E-state index contributed by atoms with van der Waals surface area (Å²) in [5.41, 5.74) is -0.548. The van der Waals surface area contributed by atoms with Crippen molar-refractivity contribution >= 4 is 0 Å². The molecule has 0 aliphatic heterocycles. The Labute approximate surface area is 90.3 Å². The Balaban J connectivity index is 2.02. The van der Waals surface area contributed by atoms with Crippen molar-refractivity contribution in [2.24, 2.45) is 13.0 Å². The van der Waals surface area contributed by atoms with Gasteiger partial charge in [0.1, 0.15) is 12.2 Å². The first-order valence-corrected chi connectivity index (χ1v) is 5.64. The van der Waals surface area contributed by atoms with E-state index >= 15 is 0 Å². The second-order valence-electron chi connectivity index (χ2n) is 4.88. The smallest absolute Gasteiger partial charge is 0.138 e. The summed E-state index contributed by atoms with van der Waals surface area (Å²) in [5, 5.41) is 14.4. The van der Waals surface area contributed by atoms with Crippen molar-refractivity contribution in [2.75, 3.05) is 0 Å². The van der Waals surface area contributed by atoms with Crippen molar-refractivity contribution in [2.45, 2.75) is 44.6 Å². The van der Waals surface area contributed by atoms with Crippen LogP contribution in [-0.4, -0.2) is 25.5 Å². The minimum Gasteiger partial charge on any atom is -0.389 e. The summed E-state index contributed by atoms with van der Waals surface area (Å²) in [7, 11) is 1.87. The number of hydrogen-bond acceptors (Lipinski definition) is 3. The molecule has 1 aromatic heterocycles. The topological polar surface area (TPSA) is 50.9 Å². The van der Waals surface area contributed by atoms with Gasteiger partial charge in [-0.05, 0) is 31.6 Å². The van der Waals surface area contributed by atoms with Gasteiger partial charge >= 0.3 is 0 Å². The van der Waals surface area contributed by atoms with E-state index in [9.17, 15) is 5.11 Å². The lowest BCUT2D eigenvalue weighted by molar-refractivity contribution is -0.00893.